The summed E-state index contributed by atoms with van der Waals surface area (Å²) in [4.78, 5) is 0. The van der Waals surface area contributed by atoms with Gasteiger partial charge in [0.15, 0.2) is 0 Å². The minimum atomic E-state index is 0.0857. The average molecular weight is 169 g/mol. The Morgan fingerprint density at radius 2 is 1.83 bits per heavy atom. The van der Waals surface area contributed by atoms with E-state index in [2.05, 4.69) is 27.7 Å². The Bertz CT molecular complexity index is 142. The van der Waals surface area contributed by atoms with E-state index in [4.69, 9.17) is 5.73 Å². The van der Waals surface area contributed by atoms with Crippen molar-refractivity contribution in [1.82, 2.24) is 0 Å². The molecule has 1 nitrogen and oxygen atoms in total. The summed E-state index contributed by atoms with van der Waals surface area (Å²) < 4.78 is 0. The number of hydrogen-bond acceptors (Lipinski definition) is 1. The number of hydrogen-bond donors (Lipinski definition) is 1. The van der Waals surface area contributed by atoms with Crippen LogP contribution in [0.3, 0.4) is 0 Å². The second-order valence-electron chi connectivity index (χ2n) is 5.68. The molecule has 1 aliphatic rings. The third kappa shape index (κ3) is 2.48. The maximum atomic E-state index is 6.22. The molecule has 1 aliphatic carbocycles. The first-order valence-corrected chi connectivity index (χ1v) is 5.13. The summed E-state index contributed by atoms with van der Waals surface area (Å²) in [6.07, 6.45) is 5.04. The van der Waals surface area contributed by atoms with Crippen molar-refractivity contribution < 1.29 is 0 Å². The van der Waals surface area contributed by atoms with E-state index in [0.717, 1.165) is 5.92 Å². The summed E-state index contributed by atoms with van der Waals surface area (Å²) in [5.74, 6) is 0.851. The molecule has 1 saturated carbocycles. The Morgan fingerprint density at radius 1 is 1.25 bits per heavy atom. The van der Waals surface area contributed by atoms with Gasteiger partial charge in [0.25, 0.3) is 0 Å². The van der Waals surface area contributed by atoms with Crippen molar-refractivity contribution in [3.8, 4) is 0 Å². The van der Waals surface area contributed by atoms with E-state index >= 15 is 0 Å². The minimum absolute atomic E-state index is 0.0857. The first kappa shape index (κ1) is 10.0. The zero-order chi connectivity index (χ0) is 9.41. The Kier molecular flexibility index (Phi) is 2.53. The van der Waals surface area contributed by atoms with Crippen molar-refractivity contribution in [2.24, 2.45) is 17.1 Å². The monoisotopic (exact) mass is 169 g/mol. The molecule has 1 unspecified atom stereocenters. The highest BCUT2D eigenvalue weighted by Gasteiger charge is 2.37. The molecule has 0 aromatic heterocycles. The Labute approximate surface area is 76.7 Å². The molecule has 12 heavy (non-hydrogen) atoms. The van der Waals surface area contributed by atoms with E-state index in [9.17, 15) is 0 Å². The summed E-state index contributed by atoms with van der Waals surface area (Å²) >= 11 is 0. The van der Waals surface area contributed by atoms with Crippen LogP contribution in [-0.2, 0) is 0 Å². The van der Waals surface area contributed by atoms with Crippen LogP contribution in [0.1, 0.15) is 53.4 Å². The lowest BCUT2D eigenvalue weighted by Gasteiger charge is -2.44. The molecule has 0 radical (unpaired) electrons. The van der Waals surface area contributed by atoms with Gasteiger partial charge in [0.1, 0.15) is 0 Å². The molecule has 1 heteroatoms. The van der Waals surface area contributed by atoms with Crippen molar-refractivity contribution in [2.75, 3.05) is 0 Å². The topological polar surface area (TPSA) is 26.0 Å². The van der Waals surface area contributed by atoms with Crippen molar-refractivity contribution in [1.29, 1.82) is 0 Å². The summed E-state index contributed by atoms with van der Waals surface area (Å²) in [5, 5.41) is 0. The fourth-order valence-electron chi connectivity index (χ4n) is 3.04. The predicted octanol–water partition coefficient (Wildman–Crippen LogP) is 2.94. The van der Waals surface area contributed by atoms with Gasteiger partial charge in [-0.3, -0.25) is 0 Å². The Morgan fingerprint density at radius 3 is 2.25 bits per heavy atom. The van der Waals surface area contributed by atoms with E-state index in [0.29, 0.717) is 5.41 Å². The molecule has 0 bridgehead atoms. The lowest BCUT2D eigenvalue weighted by molar-refractivity contribution is 0.108. The molecule has 0 heterocycles. The SMILES string of the molecule is CC[C@@H]1CC(C)(C)CC(C)(N)C1. The van der Waals surface area contributed by atoms with Gasteiger partial charge in [-0.05, 0) is 37.5 Å². The Balaban J connectivity index is 2.66. The third-order valence-electron chi connectivity index (χ3n) is 3.06. The predicted molar refractivity (Wildman–Crippen MR) is 54.0 cm³/mol. The van der Waals surface area contributed by atoms with Crippen LogP contribution in [0.15, 0.2) is 0 Å². The average Bonchev–Trinajstić information content (AvgIpc) is 1.80. The first-order chi connectivity index (χ1) is 5.35. The van der Waals surface area contributed by atoms with Gasteiger partial charge in [-0.25, -0.2) is 0 Å². The molecule has 0 aromatic rings. The molecule has 1 fully saturated rings. The van der Waals surface area contributed by atoms with Crippen molar-refractivity contribution >= 4 is 0 Å². The largest absolute Gasteiger partial charge is 0.325 e. The number of nitrogens with two attached hydrogens (primary N) is 1. The van der Waals surface area contributed by atoms with Crippen LogP contribution in [0.25, 0.3) is 0 Å². The molecule has 2 N–H and O–H groups in total. The van der Waals surface area contributed by atoms with E-state index in [-0.39, 0.29) is 5.54 Å². The van der Waals surface area contributed by atoms with Gasteiger partial charge in [0.05, 0.1) is 0 Å². The van der Waals surface area contributed by atoms with Gasteiger partial charge in [-0.2, -0.15) is 0 Å². The van der Waals surface area contributed by atoms with E-state index < -0.39 is 0 Å². The van der Waals surface area contributed by atoms with Crippen LogP contribution in [0, 0.1) is 11.3 Å². The summed E-state index contributed by atoms with van der Waals surface area (Å²) in [7, 11) is 0. The van der Waals surface area contributed by atoms with Gasteiger partial charge in [-0.15, -0.1) is 0 Å². The van der Waals surface area contributed by atoms with Crippen LogP contribution in [-0.4, -0.2) is 5.54 Å². The zero-order valence-electron chi connectivity index (χ0n) is 8.98. The number of rotatable bonds is 1. The van der Waals surface area contributed by atoms with Crippen molar-refractivity contribution in [2.45, 2.75) is 58.9 Å². The lowest BCUT2D eigenvalue weighted by Crippen LogP contribution is -2.47. The zero-order valence-corrected chi connectivity index (χ0v) is 8.98. The molecule has 72 valence electrons. The van der Waals surface area contributed by atoms with Crippen molar-refractivity contribution in [3.63, 3.8) is 0 Å². The van der Waals surface area contributed by atoms with E-state index in [1.807, 2.05) is 0 Å². The fourth-order valence-corrected chi connectivity index (χ4v) is 3.04. The molecule has 0 spiro atoms. The molecular formula is C11H23N. The second kappa shape index (κ2) is 3.02. The minimum Gasteiger partial charge on any atom is -0.325 e. The quantitative estimate of drug-likeness (QED) is 0.641. The maximum Gasteiger partial charge on any atom is 0.0133 e. The fraction of sp³-hybridized carbons (Fsp3) is 1.00. The Hall–Kier alpha value is -0.0400. The van der Waals surface area contributed by atoms with Gasteiger partial charge in [-0.1, -0.05) is 27.2 Å². The molecular weight excluding hydrogens is 146 g/mol. The van der Waals surface area contributed by atoms with Crippen LogP contribution in [0.5, 0.6) is 0 Å². The molecule has 0 aliphatic heterocycles. The van der Waals surface area contributed by atoms with Gasteiger partial charge in [0.2, 0.25) is 0 Å². The van der Waals surface area contributed by atoms with Gasteiger partial charge < -0.3 is 5.73 Å². The van der Waals surface area contributed by atoms with Crippen LogP contribution in [0.2, 0.25) is 0 Å². The first-order valence-electron chi connectivity index (χ1n) is 5.13. The highest BCUT2D eigenvalue weighted by molar-refractivity contribution is 4.94. The van der Waals surface area contributed by atoms with E-state index in [1.54, 1.807) is 0 Å². The van der Waals surface area contributed by atoms with Crippen LogP contribution >= 0.6 is 0 Å². The maximum absolute atomic E-state index is 6.22. The highest BCUT2D eigenvalue weighted by Crippen LogP contribution is 2.43. The molecule has 0 amide bonds. The van der Waals surface area contributed by atoms with Crippen LogP contribution in [0.4, 0.5) is 0 Å². The smallest absolute Gasteiger partial charge is 0.0133 e. The standard InChI is InChI=1S/C11H23N/c1-5-9-6-10(2,3)8-11(4,12)7-9/h9H,5-8,12H2,1-4H3/t9-,11?/m1/s1. The highest BCUT2D eigenvalue weighted by atomic mass is 14.7. The normalized spacial score (nSPS) is 41.2. The van der Waals surface area contributed by atoms with Gasteiger partial charge in [0, 0.05) is 5.54 Å². The van der Waals surface area contributed by atoms with Crippen LogP contribution < -0.4 is 5.73 Å². The second-order valence-corrected chi connectivity index (χ2v) is 5.68. The molecule has 1 rings (SSSR count). The third-order valence-corrected chi connectivity index (χ3v) is 3.06. The molecule has 2 atom stereocenters. The summed E-state index contributed by atoms with van der Waals surface area (Å²) in [5.41, 5.74) is 6.77. The molecule has 0 saturated heterocycles. The summed E-state index contributed by atoms with van der Waals surface area (Å²) in [6, 6.07) is 0. The van der Waals surface area contributed by atoms with Gasteiger partial charge >= 0.3 is 0 Å². The van der Waals surface area contributed by atoms with Crippen molar-refractivity contribution in [3.05, 3.63) is 0 Å². The van der Waals surface area contributed by atoms with E-state index in [1.165, 1.54) is 25.7 Å². The lowest BCUT2D eigenvalue weighted by atomic mass is 9.64. The molecule has 0 aromatic carbocycles. The summed E-state index contributed by atoms with van der Waals surface area (Å²) in [6.45, 7) is 9.18.